The van der Waals surface area contributed by atoms with Crippen molar-refractivity contribution in [3.63, 3.8) is 0 Å². The molecule has 0 atom stereocenters. The van der Waals surface area contributed by atoms with E-state index in [1.54, 1.807) is 24.4 Å². The zero-order valence-electron chi connectivity index (χ0n) is 22.5. The van der Waals surface area contributed by atoms with E-state index in [9.17, 15) is 9.90 Å². The first-order valence-electron chi connectivity index (χ1n) is 13.6. The van der Waals surface area contributed by atoms with Crippen LogP contribution in [0.5, 0.6) is 11.5 Å². The number of aromatic nitrogens is 3. The highest BCUT2D eigenvalue weighted by Gasteiger charge is 2.23. The molecule has 1 aliphatic rings. The summed E-state index contributed by atoms with van der Waals surface area (Å²) in [6.45, 7) is 2.00. The van der Waals surface area contributed by atoms with Crippen LogP contribution in [-0.4, -0.2) is 30.7 Å². The molecule has 7 heteroatoms. The minimum atomic E-state index is -0.932. The van der Waals surface area contributed by atoms with Crippen molar-refractivity contribution in [3.8, 4) is 22.9 Å². The van der Waals surface area contributed by atoms with Crippen LogP contribution in [-0.2, 0) is 6.61 Å². The van der Waals surface area contributed by atoms with E-state index in [0.717, 1.165) is 58.0 Å². The second-order valence-corrected chi connectivity index (χ2v) is 10.0. The van der Waals surface area contributed by atoms with Crippen molar-refractivity contribution in [2.24, 2.45) is 0 Å². The molecule has 0 unspecified atom stereocenters. The van der Waals surface area contributed by atoms with Gasteiger partial charge in [-0.25, -0.2) is 9.78 Å². The molecular weight excluding hydrogens is 502 g/mol. The average molecular weight is 536 g/mol. The van der Waals surface area contributed by atoms with E-state index in [0.29, 0.717) is 6.04 Å². The average Bonchev–Trinajstić information content (AvgIpc) is 3.38. The van der Waals surface area contributed by atoms with Crippen LogP contribution in [0.1, 0.15) is 59.8 Å². The van der Waals surface area contributed by atoms with Gasteiger partial charge >= 0.3 is 5.97 Å². The smallest absolute Gasteiger partial charge is 0.335 e. The number of rotatable bonds is 6. The molecule has 0 bridgehead atoms. The lowest BCUT2D eigenvalue weighted by Crippen LogP contribution is -2.14. The molecule has 1 aliphatic carbocycles. The summed E-state index contributed by atoms with van der Waals surface area (Å²) in [4.78, 5) is 20.3. The van der Waals surface area contributed by atoms with Gasteiger partial charge in [0.25, 0.3) is 0 Å². The summed E-state index contributed by atoms with van der Waals surface area (Å²) in [5.74, 6) is 1.52. The number of carbonyl (C=O) groups is 1. The number of benzene rings is 3. The number of aliphatic hydroxyl groups excluding tert-OH is 1. The second kappa shape index (κ2) is 12.6. The summed E-state index contributed by atoms with van der Waals surface area (Å²) in [5, 5.41) is 18.0. The van der Waals surface area contributed by atoms with Gasteiger partial charge in [0, 0.05) is 23.5 Å². The van der Waals surface area contributed by atoms with Crippen LogP contribution in [0.3, 0.4) is 0 Å². The van der Waals surface area contributed by atoms with Gasteiger partial charge in [0.05, 0.1) is 23.2 Å². The molecule has 0 saturated heterocycles. The molecule has 0 radical (unpaired) electrons. The van der Waals surface area contributed by atoms with Gasteiger partial charge in [0.1, 0.15) is 17.3 Å². The highest BCUT2D eigenvalue weighted by atomic mass is 16.5. The lowest BCUT2D eigenvalue weighted by atomic mass is 9.95. The van der Waals surface area contributed by atoms with Crippen molar-refractivity contribution in [1.82, 2.24) is 14.5 Å². The molecule has 6 rings (SSSR count). The summed E-state index contributed by atoms with van der Waals surface area (Å²) in [7, 11) is 0. The monoisotopic (exact) mass is 535 g/mol. The Morgan fingerprint density at radius 3 is 2.30 bits per heavy atom. The Bertz CT molecular complexity index is 1570. The quantitative estimate of drug-likeness (QED) is 0.233. The van der Waals surface area contributed by atoms with Gasteiger partial charge in [-0.15, -0.1) is 0 Å². The molecule has 7 nitrogen and oxygen atoms in total. The molecule has 1 fully saturated rings. The predicted molar refractivity (Wildman–Crippen MR) is 156 cm³/mol. The number of fused-ring (bicyclic) bond motifs is 1. The Morgan fingerprint density at radius 1 is 0.925 bits per heavy atom. The second-order valence-electron chi connectivity index (χ2n) is 10.0. The zero-order chi connectivity index (χ0) is 27.9. The Hall–Kier alpha value is -4.49. The van der Waals surface area contributed by atoms with E-state index >= 15 is 0 Å². The van der Waals surface area contributed by atoms with Gasteiger partial charge in [-0.05, 0) is 92.1 Å². The van der Waals surface area contributed by atoms with Crippen LogP contribution in [0.15, 0.2) is 91.1 Å². The number of nitrogens with zero attached hydrogens (tertiary/aromatic N) is 3. The van der Waals surface area contributed by atoms with E-state index in [-0.39, 0.29) is 12.2 Å². The Balaban J connectivity index is 0.000000306. The van der Waals surface area contributed by atoms with Crippen molar-refractivity contribution < 1.29 is 19.7 Å². The summed E-state index contributed by atoms with van der Waals surface area (Å²) in [5.41, 5.74) is 4.85. The minimum absolute atomic E-state index is 0.101. The molecule has 2 N–H and O–H groups in total. The van der Waals surface area contributed by atoms with Crippen molar-refractivity contribution in [2.75, 3.05) is 0 Å². The fourth-order valence-corrected chi connectivity index (χ4v) is 5.14. The molecule has 2 heterocycles. The maximum Gasteiger partial charge on any atom is 0.335 e. The maximum absolute atomic E-state index is 11.4. The third kappa shape index (κ3) is 6.38. The van der Waals surface area contributed by atoms with Gasteiger partial charge in [-0.1, -0.05) is 37.5 Å². The molecule has 0 aliphatic heterocycles. The van der Waals surface area contributed by atoms with Gasteiger partial charge < -0.3 is 19.5 Å². The highest BCUT2D eigenvalue weighted by molar-refractivity contribution is 5.93. The van der Waals surface area contributed by atoms with Gasteiger partial charge in [0.2, 0.25) is 0 Å². The molecule has 40 heavy (non-hydrogen) atoms. The Labute approximate surface area is 233 Å². The van der Waals surface area contributed by atoms with Crippen LogP contribution >= 0.6 is 0 Å². The standard InChI is InChI=1S/C26H24N2O3.C7H9NO/c29-26(30)19-13-16-24-23(17-19)27-25(28(24)20-7-3-1-4-8-20)18-11-14-22(15-12-18)31-21-9-5-2-6-10-21;1-6-4-7(5-9)2-3-8-6/h2,5-6,9-17,20H,1,3-4,7-8H2,(H,29,30);2-4,9H,5H2,1H3. The SMILES string of the molecule is Cc1cc(CO)ccn1.O=C(O)c1ccc2c(c1)nc(-c1ccc(Oc3ccccc3)cc1)n2C1CCCCC1. The summed E-state index contributed by atoms with van der Waals surface area (Å²) < 4.78 is 8.24. The minimum Gasteiger partial charge on any atom is -0.478 e. The number of para-hydroxylation sites is 1. The third-order valence-electron chi connectivity index (χ3n) is 7.11. The number of carboxylic acid groups (broad SMARTS) is 1. The topological polar surface area (TPSA) is 97.5 Å². The van der Waals surface area contributed by atoms with E-state index in [1.165, 1.54) is 19.3 Å². The van der Waals surface area contributed by atoms with Crippen molar-refractivity contribution in [1.29, 1.82) is 0 Å². The van der Waals surface area contributed by atoms with Crippen LogP contribution in [0.25, 0.3) is 22.4 Å². The molecule has 5 aromatic rings. The number of hydrogen-bond donors (Lipinski definition) is 2. The van der Waals surface area contributed by atoms with Crippen molar-refractivity contribution in [3.05, 3.63) is 108 Å². The number of aliphatic hydroxyl groups is 1. The normalized spacial score (nSPS) is 13.4. The summed E-state index contributed by atoms with van der Waals surface area (Å²) >= 11 is 0. The first kappa shape index (κ1) is 27.1. The number of aryl methyl sites for hydroxylation is 1. The van der Waals surface area contributed by atoms with Crippen molar-refractivity contribution >= 4 is 17.0 Å². The van der Waals surface area contributed by atoms with Crippen LogP contribution in [0.2, 0.25) is 0 Å². The predicted octanol–water partition coefficient (Wildman–Crippen LogP) is 7.58. The van der Waals surface area contributed by atoms with E-state index in [4.69, 9.17) is 14.8 Å². The molecule has 204 valence electrons. The fourth-order valence-electron chi connectivity index (χ4n) is 5.14. The number of carboxylic acids is 1. The lowest BCUT2D eigenvalue weighted by Gasteiger charge is -2.25. The van der Waals surface area contributed by atoms with Crippen molar-refractivity contribution in [2.45, 2.75) is 51.7 Å². The molecule has 3 aromatic carbocycles. The lowest BCUT2D eigenvalue weighted by molar-refractivity contribution is 0.0697. The summed E-state index contributed by atoms with van der Waals surface area (Å²) in [6, 6.07) is 26.9. The van der Waals surface area contributed by atoms with E-state index in [1.807, 2.05) is 73.7 Å². The van der Waals surface area contributed by atoms with E-state index < -0.39 is 5.97 Å². The Morgan fingerprint density at radius 2 is 1.65 bits per heavy atom. The molecule has 2 aromatic heterocycles. The van der Waals surface area contributed by atoms with E-state index in [2.05, 4.69) is 9.55 Å². The number of imidazole rings is 1. The highest BCUT2D eigenvalue weighted by Crippen LogP contribution is 2.36. The molecule has 1 saturated carbocycles. The molecule has 0 amide bonds. The summed E-state index contributed by atoms with van der Waals surface area (Å²) in [6.07, 6.45) is 7.62. The first-order valence-corrected chi connectivity index (χ1v) is 13.6. The van der Waals surface area contributed by atoms with Crippen LogP contribution in [0, 0.1) is 6.92 Å². The Kier molecular flexibility index (Phi) is 8.52. The molecule has 0 spiro atoms. The zero-order valence-corrected chi connectivity index (χ0v) is 22.5. The number of aromatic carboxylic acids is 1. The van der Waals surface area contributed by atoms with Crippen LogP contribution in [0.4, 0.5) is 0 Å². The number of hydrogen-bond acceptors (Lipinski definition) is 5. The first-order chi connectivity index (χ1) is 19.5. The number of ether oxygens (including phenoxy) is 1. The van der Waals surface area contributed by atoms with Gasteiger partial charge in [-0.2, -0.15) is 0 Å². The van der Waals surface area contributed by atoms with Crippen LogP contribution < -0.4 is 4.74 Å². The van der Waals surface area contributed by atoms with Gasteiger partial charge in [0.15, 0.2) is 0 Å². The largest absolute Gasteiger partial charge is 0.478 e. The van der Waals surface area contributed by atoms with Gasteiger partial charge in [-0.3, -0.25) is 4.98 Å². The number of pyridine rings is 1. The fraction of sp³-hybridized carbons (Fsp3) is 0.242. The third-order valence-corrected chi connectivity index (χ3v) is 7.11. The molecular formula is C33H33N3O4. The maximum atomic E-state index is 11.4.